The first-order chi connectivity index (χ1) is 22.3. The first-order valence-corrected chi connectivity index (χ1v) is 14.8. The van der Waals surface area contributed by atoms with E-state index in [-0.39, 0.29) is 25.5 Å². The number of aliphatic hydroxyl groups excluding tert-OH is 1. The minimum Gasteiger partial charge on any atom is -0.494 e. The van der Waals surface area contributed by atoms with Crippen LogP contribution in [-0.2, 0) is 22.3 Å². The maximum Gasteiger partial charge on any atom is 0.416 e. The van der Waals surface area contributed by atoms with Crippen molar-refractivity contribution in [2.24, 2.45) is 4.99 Å². The number of alkyl halides is 3. The Labute approximate surface area is 265 Å². The minimum atomic E-state index is -4.43. The van der Waals surface area contributed by atoms with E-state index in [0.717, 1.165) is 23.3 Å². The molecule has 10 heteroatoms. The zero-order chi connectivity index (χ0) is 32.4. The molecular formula is C36H34F3N3O4. The summed E-state index contributed by atoms with van der Waals surface area (Å²) in [5.74, 6) is 0.435. The zero-order valence-electron chi connectivity index (χ0n) is 24.9. The molecule has 0 saturated heterocycles. The second kappa shape index (κ2) is 14.9. The smallest absolute Gasteiger partial charge is 0.416 e. The molecule has 0 saturated carbocycles. The van der Waals surface area contributed by atoms with Gasteiger partial charge in [-0.15, -0.1) is 0 Å². The molecule has 0 fully saturated rings. The molecule has 2 atom stereocenters. The van der Waals surface area contributed by atoms with Crippen LogP contribution in [-0.4, -0.2) is 35.7 Å². The van der Waals surface area contributed by atoms with Gasteiger partial charge in [0.15, 0.2) is 11.6 Å². The number of halogens is 3. The molecule has 46 heavy (non-hydrogen) atoms. The fraction of sp³-hybridized carbons (Fsp3) is 0.222. The number of hydrogen-bond acceptors (Lipinski definition) is 6. The molecule has 0 radical (unpaired) electrons. The van der Waals surface area contributed by atoms with Crippen molar-refractivity contribution >= 4 is 17.9 Å². The van der Waals surface area contributed by atoms with Crippen molar-refractivity contribution in [3.63, 3.8) is 0 Å². The van der Waals surface area contributed by atoms with Crippen LogP contribution in [0.3, 0.4) is 0 Å². The van der Waals surface area contributed by atoms with Crippen LogP contribution in [0, 0.1) is 0 Å². The van der Waals surface area contributed by atoms with Gasteiger partial charge < -0.3 is 14.6 Å². The van der Waals surface area contributed by atoms with E-state index in [9.17, 15) is 18.0 Å². The Hall–Kier alpha value is -4.93. The topological polar surface area (TPSA) is 92.2 Å². The van der Waals surface area contributed by atoms with Crippen molar-refractivity contribution in [3.05, 3.63) is 143 Å². The molecule has 0 unspecified atom stereocenters. The Morgan fingerprint density at radius 3 is 2.26 bits per heavy atom. The first kappa shape index (κ1) is 32.5. The van der Waals surface area contributed by atoms with E-state index in [1.54, 1.807) is 24.3 Å². The average Bonchev–Trinajstić information content (AvgIpc) is 3.47. The summed E-state index contributed by atoms with van der Waals surface area (Å²) in [6.45, 7) is 0.497. The number of aliphatic hydroxyl groups is 1. The number of amides is 1. The quantitative estimate of drug-likeness (QED) is 0.114. The van der Waals surface area contributed by atoms with Gasteiger partial charge in [-0.05, 0) is 53.1 Å². The number of carbonyl (C=O) groups excluding carboxylic acids is 1. The van der Waals surface area contributed by atoms with Crippen LogP contribution in [0.1, 0.15) is 46.8 Å². The molecule has 238 valence electrons. The summed E-state index contributed by atoms with van der Waals surface area (Å²) in [7, 11) is 0. The standard InChI is InChI=1S/C36H34F3N3O4/c37-36(38,39)30-18-14-27(15-19-30)25-40-42-34(44)35(22-7-11-26-9-3-1-4-10-26)32(28-12-5-2-6-13-28)46-33(41-35)29-16-20-31(21-17-29)45-24-8-23-43/h1-7,9-21,32,40,43H,8,22-25H2,(H,42,44)/b11-7+/t32-,35-/m0/s1. The van der Waals surface area contributed by atoms with E-state index < -0.39 is 29.3 Å². The number of carbonyl (C=O) groups is 1. The molecule has 4 aromatic carbocycles. The van der Waals surface area contributed by atoms with E-state index in [4.69, 9.17) is 19.6 Å². The average molecular weight is 630 g/mol. The van der Waals surface area contributed by atoms with Crippen LogP contribution in [0.4, 0.5) is 13.2 Å². The Balaban J connectivity index is 1.44. The lowest BCUT2D eigenvalue weighted by Crippen LogP contribution is -2.52. The third-order valence-corrected chi connectivity index (χ3v) is 7.45. The Kier molecular flexibility index (Phi) is 10.5. The van der Waals surface area contributed by atoms with E-state index >= 15 is 0 Å². The van der Waals surface area contributed by atoms with Gasteiger partial charge in [-0.3, -0.25) is 10.2 Å². The SMILES string of the molecule is O=C(NNCc1ccc(C(F)(F)F)cc1)[C@@]1(C/C=C/c2ccccc2)N=C(c2ccc(OCCCO)cc2)O[C@H]1c1ccccc1. The third kappa shape index (κ3) is 8.01. The maximum absolute atomic E-state index is 14.2. The van der Waals surface area contributed by atoms with Gasteiger partial charge in [0.1, 0.15) is 5.75 Å². The third-order valence-electron chi connectivity index (χ3n) is 7.45. The molecule has 4 aromatic rings. The second-order valence-electron chi connectivity index (χ2n) is 10.7. The molecule has 1 aliphatic heterocycles. The summed E-state index contributed by atoms with van der Waals surface area (Å²) >= 11 is 0. The molecule has 1 heterocycles. The van der Waals surface area contributed by atoms with Crippen molar-refractivity contribution in [2.45, 2.75) is 37.2 Å². The fourth-order valence-electron chi connectivity index (χ4n) is 5.03. The normalized spacial score (nSPS) is 17.8. The highest BCUT2D eigenvalue weighted by Crippen LogP contribution is 2.43. The van der Waals surface area contributed by atoms with Gasteiger partial charge in [0.05, 0.1) is 12.2 Å². The van der Waals surface area contributed by atoms with Crippen molar-refractivity contribution in [1.29, 1.82) is 0 Å². The van der Waals surface area contributed by atoms with Gasteiger partial charge in [0.2, 0.25) is 5.90 Å². The lowest BCUT2D eigenvalue weighted by atomic mass is 9.84. The molecule has 0 aromatic heterocycles. The lowest BCUT2D eigenvalue weighted by molar-refractivity contribution is -0.137. The number of nitrogens with zero attached hydrogens (tertiary/aromatic N) is 1. The van der Waals surface area contributed by atoms with E-state index in [2.05, 4.69) is 10.9 Å². The second-order valence-corrected chi connectivity index (χ2v) is 10.7. The van der Waals surface area contributed by atoms with Gasteiger partial charge in [0, 0.05) is 31.6 Å². The Morgan fingerprint density at radius 1 is 0.935 bits per heavy atom. The molecule has 0 aliphatic carbocycles. The number of hydrazine groups is 1. The summed E-state index contributed by atoms with van der Waals surface area (Å²) in [6.07, 6.45) is -0.735. The van der Waals surface area contributed by atoms with Gasteiger partial charge in [-0.1, -0.05) is 84.9 Å². The van der Waals surface area contributed by atoms with Gasteiger partial charge in [0.25, 0.3) is 5.91 Å². The minimum absolute atomic E-state index is 0.0334. The predicted octanol–water partition coefficient (Wildman–Crippen LogP) is 6.65. The monoisotopic (exact) mass is 629 g/mol. The number of benzene rings is 4. The van der Waals surface area contributed by atoms with Crippen molar-refractivity contribution in [3.8, 4) is 5.75 Å². The highest BCUT2D eigenvalue weighted by Gasteiger charge is 2.52. The van der Waals surface area contributed by atoms with E-state index in [1.165, 1.54) is 12.1 Å². The van der Waals surface area contributed by atoms with Crippen LogP contribution in [0.15, 0.2) is 120 Å². The molecule has 1 aliphatic rings. The molecule has 5 rings (SSSR count). The molecule has 0 spiro atoms. The van der Waals surface area contributed by atoms with Crippen molar-refractivity contribution in [2.75, 3.05) is 13.2 Å². The van der Waals surface area contributed by atoms with Crippen LogP contribution in [0.25, 0.3) is 6.08 Å². The maximum atomic E-state index is 14.2. The fourth-order valence-corrected chi connectivity index (χ4v) is 5.03. The Bertz CT molecular complexity index is 1630. The van der Waals surface area contributed by atoms with Gasteiger partial charge in [-0.25, -0.2) is 10.4 Å². The molecule has 7 nitrogen and oxygen atoms in total. The molecular weight excluding hydrogens is 595 g/mol. The van der Waals surface area contributed by atoms with Crippen LogP contribution in [0.2, 0.25) is 0 Å². The van der Waals surface area contributed by atoms with Crippen LogP contribution in [0.5, 0.6) is 5.75 Å². The summed E-state index contributed by atoms with van der Waals surface area (Å²) in [5.41, 5.74) is 6.33. The van der Waals surface area contributed by atoms with Crippen molar-refractivity contribution in [1.82, 2.24) is 10.9 Å². The van der Waals surface area contributed by atoms with Gasteiger partial charge >= 0.3 is 6.18 Å². The van der Waals surface area contributed by atoms with E-state index in [0.29, 0.717) is 29.9 Å². The number of aliphatic imine (C=N–C) groups is 1. The number of hydrogen-bond donors (Lipinski definition) is 3. The summed E-state index contributed by atoms with van der Waals surface area (Å²) in [4.78, 5) is 19.1. The summed E-state index contributed by atoms with van der Waals surface area (Å²) < 4.78 is 51.1. The van der Waals surface area contributed by atoms with Gasteiger partial charge in [-0.2, -0.15) is 13.2 Å². The highest BCUT2D eigenvalue weighted by molar-refractivity contribution is 6.01. The highest BCUT2D eigenvalue weighted by atomic mass is 19.4. The predicted molar refractivity (Wildman–Crippen MR) is 170 cm³/mol. The number of nitrogens with one attached hydrogen (secondary N) is 2. The summed E-state index contributed by atoms with van der Waals surface area (Å²) in [6, 6.07) is 30.9. The first-order valence-electron chi connectivity index (χ1n) is 14.8. The van der Waals surface area contributed by atoms with Crippen LogP contribution < -0.4 is 15.6 Å². The lowest BCUT2D eigenvalue weighted by Gasteiger charge is -2.29. The molecule has 1 amide bonds. The number of ether oxygens (including phenoxy) is 2. The Morgan fingerprint density at radius 2 is 1.61 bits per heavy atom. The van der Waals surface area contributed by atoms with E-state index in [1.807, 2.05) is 72.8 Å². The molecule has 0 bridgehead atoms. The largest absolute Gasteiger partial charge is 0.494 e. The van der Waals surface area contributed by atoms with Crippen LogP contribution >= 0.6 is 0 Å². The number of rotatable bonds is 13. The zero-order valence-corrected chi connectivity index (χ0v) is 24.9. The van der Waals surface area contributed by atoms with Crippen molar-refractivity contribution < 1.29 is 32.5 Å². The molecule has 3 N–H and O–H groups in total. The summed E-state index contributed by atoms with van der Waals surface area (Å²) in [5, 5.41) is 9.03.